The number of aliphatic imine (C=N–C) groups is 1. The third kappa shape index (κ3) is 4.07. The van der Waals surface area contributed by atoms with Gasteiger partial charge in [-0.1, -0.05) is 29.8 Å². The van der Waals surface area contributed by atoms with Crippen molar-refractivity contribution in [2.24, 2.45) is 4.99 Å². The fourth-order valence-corrected chi connectivity index (χ4v) is 2.00. The number of carbonyl (C=O) groups is 1. The van der Waals surface area contributed by atoms with Crippen LogP contribution in [0.15, 0.2) is 53.5 Å². The fraction of sp³-hybridized carbons (Fsp3) is 0.125. The first kappa shape index (κ1) is 15.1. The number of ether oxygens (including phenoxy) is 2. The van der Waals surface area contributed by atoms with Gasteiger partial charge in [0.2, 0.25) is 0 Å². The van der Waals surface area contributed by atoms with E-state index in [-0.39, 0.29) is 5.17 Å². The molecule has 2 rings (SSSR count). The van der Waals surface area contributed by atoms with Gasteiger partial charge in [0.1, 0.15) is 16.7 Å². The average Bonchev–Trinajstić information content (AvgIpc) is 2.47. The van der Waals surface area contributed by atoms with E-state index in [2.05, 4.69) is 4.99 Å². The van der Waals surface area contributed by atoms with Gasteiger partial charge in [-0.05, 0) is 30.3 Å². The smallest absolute Gasteiger partial charge is 0.308 e. The number of halogens is 1. The summed E-state index contributed by atoms with van der Waals surface area (Å²) < 4.78 is 10.3. The van der Waals surface area contributed by atoms with Crippen LogP contribution in [0.4, 0.5) is 5.69 Å². The highest BCUT2D eigenvalue weighted by molar-refractivity contribution is 6.70. The SMILES string of the molecule is COc1ccc(OC(C)=O)cc1C(Cl)=Nc1ccccc1. The first-order chi connectivity index (χ1) is 10.1. The van der Waals surface area contributed by atoms with E-state index in [1.165, 1.54) is 14.0 Å². The molecule has 108 valence electrons. The molecule has 0 aliphatic heterocycles. The molecule has 0 saturated heterocycles. The second-order valence-corrected chi connectivity index (χ2v) is 4.55. The van der Waals surface area contributed by atoms with Crippen LogP contribution in [-0.4, -0.2) is 18.2 Å². The summed E-state index contributed by atoms with van der Waals surface area (Å²) in [7, 11) is 1.54. The number of para-hydroxylation sites is 1. The lowest BCUT2D eigenvalue weighted by Gasteiger charge is -2.09. The molecule has 0 aliphatic carbocycles. The van der Waals surface area contributed by atoms with E-state index in [0.29, 0.717) is 17.1 Å². The zero-order valence-corrected chi connectivity index (χ0v) is 12.4. The van der Waals surface area contributed by atoms with Crippen LogP contribution < -0.4 is 9.47 Å². The summed E-state index contributed by atoms with van der Waals surface area (Å²) >= 11 is 6.26. The number of esters is 1. The van der Waals surface area contributed by atoms with Gasteiger partial charge in [-0.3, -0.25) is 4.79 Å². The maximum atomic E-state index is 11.0. The lowest BCUT2D eigenvalue weighted by Crippen LogP contribution is -2.03. The molecule has 5 heteroatoms. The fourth-order valence-electron chi connectivity index (χ4n) is 1.75. The summed E-state index contributed by atoms with van der Waals surface area (Å²) in [5, 5.41) is 0.257. The molecule has 0 bridgehead atoms. The van der Waals surface area contributed by atoms with Crippen molar-refractivity contribution >= 4 is 28.4 Å². The van der Waals surface area contributed by atoms with Crippen molar-refractivity contribution in [1.82, 2.24) is 0 Å². The van der Waals surface area contributed by atoms with E-state index in [4.69, 9.17) is 21.1 Å². The van der Waals surface area contributed by atoms with E-state index in [1.54, 1.807) is 18.2 Å². The Balaban J connectivity index is 2.40. The van der Waals surface area contributed by atoms with Crippen molar-refractivity contribution in [1.29, 1.82) is 0 Å². The van der Waals surface area contributed by atoms with Gasteiger partial charge in [0.05, 0.1) is 18.4 Å². The maximum Gasteiger partial charge on any atom is 0.308 e. The summed E-state index contributed by atoms with van der Waals surface area (Å²) in [6, 6.07) is 14.2. The number of rotatable bonds is 4. The van der Waals surface area contributed by atoms with Crippen molar-refractivity contribution in [3.8, 4) is 11.5 Å². The zero-order valence-electron chi connectivity index (χ0n) is 11.7. The second-order valence-electron chi connectivity index (χ2n) is 4.19. The largest absolute Gasteiger partial charge is 0.496 e. The third-order valence-electron chi connectivity index (χ3n) is 2.64. The topological polar surface area (TPSA) is 47.9 Å². The minimum Gasteiger partial charge on any atom is -0.496 e. The predicted molar refractivity (Wildman–Crippen MR) is 82.8 cm³/mol. The Labute approximate surface area is 128 Å². The molecule has 2 aromatic carbocycles. The highest BCUT2D eigenvalue weighted by atomic mass is 35.5. The highest BCUT2D eigenvalue weighted by Crippen LogP contribution is 2.27. The van der Waals surface area contributed by atoms with Crippen LogP contribution in [-0.2, 0) is 4.79 Å². The third-order valence-corrected chi connectivity index (χ3v) is 2.93. The molecule has 0 unspecified atom stereocenters. The standard InChI is InChI=1S/C16H14ClNO3/c1-11(19)21-13-8-9-15(20-2)14(10-13)16(17)18-12-6-4-3-5-7-12/h3-10H,1-2H3. The van der Waals surface area contributed by atoms with Crippen LogP contribution in [0.25, 0.3) is 0 Å². The highest BCUT2D eigenvalue weighted by Gasteiger charge is 2.11. The molecule has 4 nitrogen and oxygen atoms in total. The van der Waals surface area contributed by atoms with Crippen molar-refractivity contribution in [3.63, 3.8) is 0 Å². The van der Waals surface area contributed by atoms with Gasteiger partial charge in [-0.15, -0.1) is 0 Å². The molecule has 0 heterocycles. The molecular formula is C16H14ClNO3. The number of benzene rings is 2. The molecule has 0 saturated carbocycles. The van der Waals surface area contributed by atoms with Gasteiger partial charge in [0.25, 0.3) is 0 Å². The van der Waals surface area contributed by atoms with Gasteiger partial charge >= 0.3 is 5.97 Å². The molecule has 0 N–H and O–H groups in total. The van der Waals surface area contributed by atoms with Crippen molar-refractivity contribution in [3.05, 3.63) is 54.1 Å². The van der Waals surface area contributed by atoms with Crippen LogP contribution >= 0.6 is 11.6 Å². The van der Waals surface area contributed by atoms with Crippen LogP contribution in [0.2, 0.25) is 0 Å². The van der Waals surface area contributed by atoms with E-state index >= 15 is 0 Å². The minimum atomic E-state index is -0.401. The summed E-state index contributed by atoms with van der Waals surface area (Å²) in [4.78, 5) is 15.3. The lowest BCUT2D eigenvalue weighted by atomic mass is 10.2. The Morgan fingerprint density at radius 1 is 1.14 bits per heavy atom. The van der Waals surface area contributed by atoms with Gasteiger partial charge < -0.3 is 9.47 Å². The lowest BCUT2D eigenvalue weighted by molar-refractivity contribution is -0.131. The van der Waals surface area contributed by atoms with Gasteiger partial charge in [0.15, 0.2) is 0 Å². The molecule has 2 aromatic rings. The average molecular weight is 304 g/mol. The molecule has 0 radical (unpaired) electrons. The van der Waals surface area contributed by atoms with Crippen LogP contribution in [0.3, 0.4) is 0 Å². The zero-order chi connectivity index (χ0) is 15.2. The van der Waals surface area contributed by atoms with Gasteiger partial charge in [0, 0.05) is 6.92 Å². The molecule has 0 amide bonds. The van der Waals surface area contributed by atoms with Gasteiger partial charge in [-0.25, -0.2) is 4.99 Å². The number of methoxy groups -OCH3 is 1. The Morgan fingerprint density at radius 2 is 1.86 bits per heavy atom. The summed E-state index contributed by atoms with van der Waals surface area (Å²) in [6.07, 6.45) is 0. The predicted octanol–water partition coefficient (Wildman–Crippen LogP) is 3.94. The molecule has 0 aliphatic rings. The summed E-state index contributed by atoms with van der Waals surface area (Å²) in [6.45, 7) is 1.34. The Kier molecular flexibility index (Phi) is 4.95. The molecule has 0 atom stereocenters. The van der Waals surface area contributed by atoms with Crippen molar-refractivity contribution in [2.45, 2.75) is 6.92 Å². The monoisotopic (exact) mass is 303 g/mol. The van der Waals surface area contributed by atoms with Crippen LogP contribution in [0.1, 0.15) is 12.5 Å². The van der Waals surface area contributed by atoms with E-state index < -0.39 is 5.97 Å². The van der Waals surface area contributed by atoms with Crippen molar-refractivity contribution in [2.75, 3.05) is 7.11 Å². The molecule has 0 fully saturated rings. The Bertz CT molecular complexity index is 668. The van der Waals surface area contributed by atoms with Gasteiger partial charge in [-0.2, -0.15) is 0 Å². The molecule has 21 heavy (non-hydrogen) atoms. The molecule has 0 spiro atoms. The Hall–Kier alpha value is -2.33. The minimum absolute atomic E-state index is 0.257. The number of hydrogen-bond donors (Lipinski definition) is 0. The first-order valence-corrected chi connectivity index (χ1v) is 6.64. The molecule has 0 aromatic heterocycles. The number of carbonyl (C=O) groups excluding carboxylic acids is 1. The van der Waals surface area contributed by atoms with Crippen LogP contribution in [0.5, 0.6) is 11.5 Å². The summed E-state index contributed by atoms with van der Waals surface area (Å²) in [5.74, 6) is 0.539. The normalized spacial score (nSPS) is 11.1. The summed E-state index contributed by atoms with van der Waals surface area (Å²) in [5.41, 5.74) is 1.28. The molecular weight excluding hydrogens is 290 g/mol. The first-order valence-electron chi connectivity index (χ1n) is 6.26. The van der Waals surface area contributed by atoms with E-state index in [1.807, 2.05) is 30.3 Å². The quantitative estimate of drug-likeness (QED) is 0.488. The maximum absolute atomic E-state index is 11.0. The number of nitrogens with zero attached hydrogens (tertiary/aromatic N) is 1. The second kappa shape index (κ2) is 6.90. The Morgan fingerprint density at radius 3 is 2.48 bits per heavy atom. The van der Waals surface area contributed by atoms with Crippen LogP contribution in [0, 0.1) is 0 Å². The van der Waals surface area contributed by atoms with E-state index in [9.17, 15) is 4.79 Å². The van der Waals surface area contributed by atoms with Crippen molar-refractivity contribution < 1.29 is 14.3 Å². The van der Waals surface area contributed by atoms with E-state index in [0.717, 1.165) is 5.69 Å². The number of hydrogen-bond acceptors (Lipinski definition) is 4.